The number of hydrogen-bond acceptors (Lipinski definition) is 6. The van der Waals surface area contributed by atoms with Crippen LogP contribution >= 0.6 is 0 Å². The standard InChI is InChI=1S/C18H17N7O2S/c1-2-28(26,27)24-11-18(12-24,5-6-19)25-10-15(16(9-20)23-25)13-3-7-21-17-14(13)4-8-22-17/h3-4,7-8,10H,2,5,11-12H2,1H3,(H,21,22). The van der Waals surface area contributed by atoms with Gasteiger partial charge in [0.05, 0.1) is 18.2 Å². The molecule has 0 saturated carbocycles. The SMILES string of the molecule is CCS(=O)(=O)N1CC(CC#N)(n2cc(-c3ccnc4[nH]ccc34)c(C#N)n2)C1. The van der Waals surface area contributed by atoms with Gasteiger partial charge in [-0.25, -0.2) is 13.4 Å². The van der Waals surface area contributed by atoms with Crippen molar-refractivity contribution in [2.45, 2.75) is 18.9 Å². The lowest BCUT2D eigenvalue weighted by Crippen LogP contribution is -2.64. The fraction of sp³-hybridized carbons (Fsp3) is 0.333. The van der Waals surface area contributed by atoms with Crippen LogP contribution in [0.5, 0.6) is 0 Å². The van der Waals surface area contributed by atoms with Gasteiger partial charge in [0.25, 0.3) is 0 Å². The number of rotatable bonds is 5. The van der Waals surface area contributed by atoms with Crippen molar-refractivity contribution in [1.29, 1.82) is 10.5 Å². The van der Waals surface area contributed by atoms with E-state index in [9.17, 15) is 18.9 Å². The van der Waals surface area contributed by atoms with Crippen molar-refractivity contribution in [3.8, 4) is 23.3 Å². The lowest BCUT2D eigenvalue weighted by Gasteiger charge is -2.47. The largest absolute Gasteiger partial charge is 0.346 e. The Morgan fingerprint density at radius 1 is 1.29 bits per heavy atom. The van der Waals surface area contributed by atoms with Crippen molar-refractivity contribution in [1.82, 2.24) is 24.1 Å². The molecule has 0 aromatic carbocycles. The Morgan fingerprint density at radius 3 is 2.75 bits per heavy atom. The van der Waals surface area contributed by atoms with Crippen LogP contribution in [0.15, 0.2) is 30.7 Å². The predicted octanol–water partition coefficient (Wildman–Crippen LogP) is 1.57. The third-order valence-electron chi connectivity index (χ3n) is 5.16. The van der Waals surface area contributed by atoms with Crippen LogP contribution in [0.1, 0.15) is 19.0 Å². The molecule has 1 fully saturated rings. The summed E-state index contributed by atoms with van der Waals surface area (Å²) in [5, 5.41) is 24.2. The van der Waals surface area contributed by atoms with Gasteiger partial charge < -0.3 is 4.98 Å². The first-order valence-electron chi connectivity index (χ1n) is 8.71. The van der Waals surface area contributed by atoms with Crippen LogP contribution in [-0.2, 0) is 15.6 Å². The number of pyridine rings is 1. The molecule has 0 atom stereocenters. The van der Waals surface area contributed by atoms with E-state index in [4.69, 9.17) is 0 Å². The average molecular weight is 395 g/mol. The lowest BCUT2D eigenvalue weighted by molar-refractivity contribution is 0.0718. The summed E-state index contributed by atoms with van der Waals surface area (Å²) in [5.41, 5.74) is 1.58. The highest BCUT2D eigenvalue weighted by Gasteiger charge is 2.50. The normalized spacial score (nSPS) is 16.4. The summed E-state index contributed by atoms with van der Waals surface area (Å²) in [5.74, 6) is 0.00588. The van der Waals surface area contributed by atoms with Crippen LogP contribution in [0.25, 0.3) is 22.2 Å². The van der Waals surface area contributed by atoms with Crippen molar-refractivity contribution in [2.24, 2.45) is 0 Å². The number of sulfonamides is 1. The van der Waals surface area contributed by atoms with Gasteiger partial charge in [-0.15, -0.1) is 0 Å². The summed E-state index contributed by atoms with van der Waals surface area (Å²) in [7, 11) is -3.34. The quantitative estimate of drug-likeness (QED) is 0.697. The van der Waals surface area contributed by atoms with Gasteiger partial charge >= 0.3 is 0 Å². The van der Waals surface area contributed by atoms with Crippen molar-refractivity contribution < 1.29 is 8.42 Å². The third-order valence-corrected chi connectivity index (χ3v) is 6.94. The minimum Gasteiger partial charge on any atom is -0.346 e. The molecule has 3 aromatic heterocycles. The molecule has 0 bridgehead atoms. The first-order valence-corrected chi connectivity index (χ1v) is 10.3. The Kier molecular flexibility index (Phi) is 4.18. The summed E-state index contributed by atoms with van der Waals surface area (Å²) in [6.45, 7) is 1.92. The van der Waals surface area contributed by atoms with Crippen LogP contribution in [0.2, 0.25) is 0 Å². The molecule has 1 aliphatic heterocycles. The Bertz CT molecular complexity index is 1240. The van der Waals surface area contributed by atoms with E-state index in [-0.39, 0.29) is 31.0 Å². The average Bonchev–Trinajstić information content (AvgIpc) is 3.30. The number of nitrogens with one attached hydrogen (secondary N) is 1. The summed E-state index contributed by atoms with van der Waals surface area (Å²) >= 11 is 0. The van der Waals surface area contributed by atoms with E-state index in [2.05, 4.69) is 27.2 Å². The van der Waals surface area contributed by atoms with Gasteiger partial charge in [0, 0.05) is 42.6 Å². The van der Waals surface area contributed by atoms with Crippen LogP contribution in [-0.4, -0.2) is 51.3 Å². The van der Waals surface area contributed by atoms with E-state index in [0.717, 1.165) is 10.9 Å². The molecule has 1 saturated heterocycles. The first kappa shape index (κ1) is 18.2. The predicted molar refractivity (Wildman–Crippen MR) is 101 cm³/mol. The van der Waals surface area contributed by atoms with Crippen molar-refractivity contribution in [2.75, 3.05) is 18.8 Å². The number of fused-ring (bicyclic) bond motifs is 1. The number of aromatic amines is 1. The van der Waals surface area contributed by atoms with Crippen LogP contribution in [0.3, 0.4) is 0 Å². The van der Waals surface area contributed by atoms with Gasteiger partial charge in [-0.3, -0.25) is 4.68 Å². The molecular formula is C18H17N7O2S. The van der Waals surface area contributed by atoms with Crippen molar-refractivity contribution in [3.63, 3.8) is 0 Å². The number of aromatic nitrogens is 4. The van der Waals surface area contributed by atoms with Crippen LogP contribution < -0.4 is 0 Å². The maximum atomic E-state index is 12.1. The van der Waals surface area contributed by atoms with Gasteiger partial charge in [0.2, 0.25) is 10.0 Å². The minimum absolute atomic E-state index is 0.00588. The summed E-state index contributed by atoms with van der Waals surface area (Å²) < 4.78 is 27.2. The number of nitrogens with zero attached hydrogens (tertiary/aromatic N) is 6. The molecule has 28 heavy (non-hydrogen) atoms. The fourth-order valence-electron chi connectivity index (χ4n) is 3.57. The van der Waals surface area contributed by atoms with E-state index in [0.29, 0.717) is 11.2 Å². The second-order valence-corrected chi connectivity index (χ2v) is 9.03. The maximum Gasteiger partial charge on any atom is 0.213 e. The van der Waals surface area contributed by atoms with E-state index in [1.807, 2.05) is 12.1 Å². The van der Waals surface area contributed by atoms with Gasteiger partial charge in [-0.05, 0) is 24.6 Å². The maximum absolute atomic E-state index is 12.1. The number of hydrogen-bond donors (Lipinski definition) is 1. The summed E-state index contributed by atoms with van der Waals surface area (Å²) in [6, 6.07) is 7.92. The second kappa shape index (κ2) is 6.44. The first-order chi connectivity index (χ1) is 13.4. The molecule has 0 aliphatic carbocycles. The van der Waals surface area contributed by atoms with Crippen LogP contribution in [0, 0.1) is 22.7 Å². The Balaban J connectivity index is 1.79. The van der Waals surface area contributed by atoms with E-state index in [1.54, 1.807) is 30.2 Å². The molecule has 0 radical (unpaired) electrons. The van der Waals surface area contributed by atoms with Crippen LogP contribution in [0.4, 0.5) is 0 Å². The lowest BCUT2D eigenvalue weighted by atomic mass is 9.89. The monoisotopic (exact) mass is 395 g/mol. The van der Waals surface area contributed by atoms with Gasteiger partial charge in [0.1, 0.15) is 17.3 Å². The highest BCUT2D eigenvalue weighted by molar-refractivity contribution is 7.89. The Morgan fingerprint density at radius 2 is 2.07 bits per heavy atom. The molecular weight excluding hydrogens is 378 g/mol. The Labute approximate surface area is 161 Å². The summed E-state index contributed by atoms with van der Waals surface area (Å²) in [4.78, 5) is 7.30. The molecule has 4 heterocycles. The van der Waals surface area contributed by atoms with Crippen molar-refractivity contribution in [3.05, 3.63) is 36.4 Å². The van der Waals surface area contributed by atoms with E-state index >= 15 is 0 Å². The highest BCUT2D eigenvalue weighted by atomic mass is 32.2. The zero-order valence-electron chi connectivity index (χ0n) is 15.1. The topological polar surface area (TPSA) is 131 Å². The fourth-order valence-corrected chi connectivity index (χ4v) is 4.81. The third kappa shape index (κ3) is 2.66. The molecule has 1 N–H and O–H groups in total. The molecule has 0 spiro atoms. The number of nitriles is 2. The summed E-state index contributed by atoms with van der Waals surface area (Å²) in [6.07, 6.45) is 5.25. The van der Waals surface area contributed by atoms with E-state index < -0.39 is 15.6 Å². The molecule has 0 unspecified atom stereocenters. The van der Waals surface area contributed by atoms with Gasteiger partial charge in [-0.2, -0.15) is 19.9 Å². The second-order valence-electron chi connectivity index (χ2n) is 6.77. The Hall–Kier alpha value is -3.21. The molecule has 142 valence electrons. The molecule has 4 rings (SSSR count). The van der Waals surface area contributed by atoms with Gasteiger partial charge in [-0.1, -0.05) is 0 Å². The zero-order valence-corrected chi connectivity index (χ0v) is 15.9. The highest BCUT2D eigenvalue weighted by Crippen LogP contribution is 2.37. The smallest absolute Gasteiger partial charge is 0.213 e. The molecule has 0 amide bonds. The number of H-pyrrole nitrogens is 1. The molecule has 9 nitrogen and oxygen atoms in total. The minimum atomic E-state index is -3.34. The van der Waals surface area contributed by atoms with Gasteiger partial charge in [0.15, 0.2) is 5.69 Å². The molecule has 1 aliphatic rings. The molecule has 10 heteroatoms. The van der Waals surface area contributed by atoms with E-state index in [1.165, 1.54) is 4.31 Å². The van der Waals surface area contributed by atoms with Crippen molar-refractivity contribution >= 4 is 21.1 Å². The molecule has 3 aromatic rings. The zero-order chi connectivity index (χ0) is 19.9.